The highest BCUT2D eigenvalue weighted by Crippen LogP contribution is 2.40. The molecule has 0 saturated carbocycles. The molecule has 0 N–H and O–H groups in total. The molecule has 0 saturated heterocycles. The molecule has 0 aliphatic carbocycles. The minimum Gasteiger partial charge on any atom is -0.423 e. The lowest BCUT2D eigenvalue weighted by Gasteiger charge is -2.09. The number of rotatable bonds is 4. The van der Waals surface area contributed by atoms with Gasteiger partial charge in [-0.15, -0.1) is 0 Å². The van der Waals surface area contributed by atoms with Crippen LogP contribution in [0.5, 0.6) is 0 Å². The molecule has 0 spiro atoms. The highest BCUT2D eigenvalue weighted by molar-refractivity contribution is 5.93. The maximum Gasteiger partial charge on any atom is 0.307 e. The molecule has 4 heterocycles. The number of imidazole rings is 2. The molecule has 6 aromatic carbocycles. The highest BCUT2D eigenvalue weighted by Gasteiger charge is 2.24. The minimum absolute atomic E-state index is 0.567. The Hall–Kier alpha value is -6.40. The van der Waals surface area contributed by atoms with Crippen molar-refractivity contribution in [1.29, 1.82) is 0 Å². The summed E-state index contributed by atoms with van der Waals surface area (Å²) in [6, 6.07) is 50.0. The zero-order chi connectivity index (χ0) is 30.2. The first-order valence-corrected chi connectivity index (χ1v) is 15.3. The van der Waals surface area contributed by atoms with Crippen LogP contribution in [0.25, 0.3) is 89.7 Å². The van der Waals surface area contributed by atoms with Crippen LogP contribution >= 0.6 is 0 Å². The zero-order valence-electron chi connectivity index (χ0n) is 24.5. The highest BCUT2D eigenvalue weighted by atomic mass is 16.4. The predicted octanol–water partition coefficient (Wildman–Crippen LogP) is 10.3. The molecule has 0 aliphatic rings. The SMILES string of the molecule is c1ccc(-c2nc3oc4ccccc4n3c2-c2ccc(-c3c(-c4ccc5ccccc5c4)nc4oc5ccccc5n34)cc2)cc1. The Labute approximate surface area is 262 Å². The predicted molar refractivity (Wildman–Crippen MR) is 183 cm³/mol. The largest absolute Gasteiger partial charge is 0.423 e. The third kappa shape index (κ3) is 3.64. The molecular weight excluding hydrogens is 568 g/mol. The molecule has 0 radical (unpaired) electrons. The quantitative estimate of drug-likeness (QED) is 0.204. The third-order valence-electron chi connectivity index (χ3n) is 8.81. The van der Waals surface area contributed by atoms with Crippen LogP contribution in [0.15, 0.2) is 154 Å². The van der Waals surface area contributed by atoms with Crippen LogP contribution in [0.3, 0.4) is 0 Å². The van der Waals surface area contributed by atoms with Crippen LogP contribution in [0.4, 0.5) is 0 Å². The van der Waals surface area contributed by atoms with E-state index in [0.717, 1.165) is 67.2 Å². The first kappa shape index (κ1) is 25.0. The first-order valence-electron chi connectivity index (χ1n) is 15.3. The molecule has 216 valence electrons. The molecule has 6 nitrogen and oxygen atoms in total. The second-order valence-electron chi connectivity index (χ2n) is 11.5. The fraction of sp³-hybridized carbons (Fsp3) is 0. The van der Waals surface area contributed by atoms with Gasteiger partial charge in [-0.1, -0.05) is 115 Å². The van der Waals surface area contributed by atoms with Gasteiger partial charge >= 0.3 is 11.7 Å². The van der Waals surface area contributed by atoms with E-state index in [4.69, 9.17) is 18.8 Å². The monoisotopic (exact) mass is 592 g/mol. The van der Waals surface area contributed by atoms with E-state index in [9.17, 15) is 0 Å². The normalized spacial score (nSPS) is 11.9. The van der Waals surface area contributed by atoms with Gasteiger partial charge in [-0.05, 0) is 41.1 Å². The van der Waals surface area contributed by atoms with Crippen molar-refractivity contribution in [2.45, 2.75) is 0 Å². The van der Waals surface area contributed by atoms with Crippen molar-refractivity contribution < 1.29 is 8.83 Å². The second-order valence-corrected chi connectivity index (χ2v) is 11.5. The number of para-hydroxylation sites is 4. The maximum atomic E-state index is 6.26. The Morgan fingerprint density at radius 3 is 1.48 bits per heavy atom. The van der Waals surface area contributed by atoms with Crippen molar-refractivity contribution >= 4 is 44.7 Å². The summed E-state index contributed by atoms with van der Waals surface area (Å²) in [5.41, 5.74) is 11.4. The van der Waals surface area contributed by atoms with Crippen LogP contribution in [0.1, 0.15) is 0 Å². The number of fused-ring (bicyclic) bond motifs is 7. The summed E-state index contributed by atoms with van der Waals surface area (Å²) in [5, 5.41) is 2.36. The van der Waals surface area contributed by atoms with Crippen LogP contribution in [0.2, 0.25) is 0 Å². The van der Waals surface area contributed by atoms with Crippen molar-refractivity contribution in [3.8, 4) is 45.0 Å². The number of benzene rings is 6. The lowest BCUT2D eigenvalue weighted by molar-refractivity contribution is 0.641. The number of oxazole rings is 2. The molecule has 4 aromatic heterocycles. The average molecular weight is 593 g/mol. The van der Waals surface area contributed by atoms with E-state index in [2.05, 4.69) is 99.8 Å². The zero-order valence-corrected chi connectivity index (χ0v) is 24.5. The number of hydrogen-bond acceptors (Lipinski definition) is 4. The molecular formula is C40H24N4O2. The number of aromatic nitrogens is 4. The second kappa shape index (κ2) is 9.55. The molecule has 0 fully saturated rings. The van der Waals surface area contributed by atoms with Gasteiger partial charge in [0.2, 0.25) is 0 Å². The standard InChI is InChI=1S/C40H24N4O2/c1-2-11-26(12-3-1)35-37(43-31-14-6-8-16-33(31)45-39(43)41-35)27-19-21-28(22-20-27)38-36(30-23-18-25-10-4-5-13-29(25)24-30)42-40-44(38)32-15-7-9-17-34(32)46-40/h1-24H. The summed E-state index contributed by atoms with van der Waals surface area (Å²) >= 11 is 0. The summed E-state index contributed by atoms with van der Waals surface area (Å²) in [5.74, 6) is 1.14. The summed E-state index contributed by atoms with van der Waals surface area (Å²) in [7, 11) is 0. The Morgan fingerprint density at radius 1 is 0.391 bits per heavy atom. The maximum absolute atomic E-state index is 6.26. The number of hydrogen-bond donors (Lipinski definition) is 0. The van der Waals surface area contributed by atoms with Gasteiger partial charge in [0.05, 0.1) is 22.4 Å². The van der Waals surface area contributed by atoms with Gasteiger partial charge in [-0.25, -0.2) is 0 Å². The van der Waals surface area contributed by atoms with Gasteiger partial charge in [-0.3, -0.25) is 8.80 Å². The van der Waals surface area contributed by atoms with Gasteiger partial charge in [0.15, 0.2) is 11.2 Å². The fourth-order valence-electron chi connectivity index (χ4n) is 6.69. The van der Waals surface area contributed by atoms with Crippen LogP contribution in [0, 0.1) is 0 Å². The van der Waals surface area contributed by atoms with E-state index in [1.165, 1.54) is 10.8 Å². The van der Waals surface area contributed by atoms with E-state index in [1.807, 2.05) is 54.6 Å². The van der Waals surface area contributed by atoms with Crippen molar-refractivity contribution in [1.82, 2.24) is 18.8 Å². The van der Waals surface area contributed by atoms with E-state index in [-0.39, 0.29) is 0 Å². The van der Waals surface area contributed by atoms with Gasteiger partial charge in [0.25, 0.3) is 0 Å². The molecule has 10 aromatic rings. The van der Waals surface area contributed by atoms with Gasteiger partial charge in [-0.2, -0.15) is 9.97 Å². The van der Waals surface area contributed by atoms with Crippen molar-refractivity contribution in [3.05, 3.63) is 146 Å². The Balaban J connectivity index is 1.20. The summed E-state index contributed by atoms with van der Waals surface area (Å²) in [6.45, 7) is 0. The molecule has 0 bridgehead atoms. The average Bonchev–Trinajstić information content (AvgIpc) is 3.86. The molecule has 0 atom stereocenters. The molecule has 6 heteroatoms. The Morgan fingerprint density at radius 2 is 0.870 bits per heavy atom. The minimum atomic E-state index is 0.567. The smallest absolute Gasteiger partial charge is 0.307 e. The van der Waals surface area contributed by atoms with E-state index in [1.54, 1.807) is 0 Å². The summed E-state index contributed by atoms with van der Waals surface area (Å²) in [4.78, 5) is 10.1. The topological polar surface area (TPSA) is 60.9 Å². The Kier molecular flexibility index (Phi) is 5.19. The van der Waals surface area contributed by atoms with E-state index >= 15 is 0 Å². The fourth-order valence-corrected chi connectivity index (χ4v) is 6.69. The van der Waals surface area contributed by atoms with Gasteiger partial charge in [0, 0.05) is 22.3 Å². The van der Waals surface area contributed by atoms with E-state index < -0.39 is 0 Å². The van der Waals surface area contributed by atoms with Gasteiger partial charge < -0.3 is 8.83 Å². The Bertz CT molecular complexity index is 2740. The van der Waals surface area contributed by atoms with Gasteiger partial charge in [0.1, 0.15) is 11.4 Å². The third-order valence-corrected chi connectivity index (χ3v) is 8.81. The van der Waals surface area contributed by atoms with Crippen molar-refractivity contribution in [2.24, 2.45) is 0 Å². The molecule has 46 heavy (non-hydrogen) atoms. The first-order chi connectivity index (χ1) is 22.8. The summed E-state index contributed by atoms with van der Waals surface area (Å²) < 4.78 is 16.7. The lowest BCUT2D eigenvalue weighted by Crippen LogP contribution is -1.92. The van der Waals surface area contributed by atoms with Crippen molar-refractivity contribution in [2.75, 3.05) is 0 Å². The van der Waals surface area contributed by atoms with Crippen LogP contribution < -0.4 is 0 Å². The van der Waals surface area contributed by atoms with Crippen LogP contribution in [-0.4, -0.2) is 18.8 Å². The molecule has 0 unspecified atom stereocenters. The van der Waals surface area contributed by atoms with E-state index in [0.29, 0.717) is 11.7 Å². The molecule has 10 rings (SSSR count). The number of nitrogens with zero attached hydrogens (tertiary/aromatic N) is 4. The molecule has 0 amide bonds. The van der Waals surface area contributed by atoms with Crippen molar-refractivity contribution in [3.63, 3.8) is 0 Å². The lowest BCUT2D eigenvalue weighted by atomic mass is 9.99. The van der Waals surface area contributed by atoms with Crippen LogP contribution in [-0.2, 0) is 0 Å². The summed E-state index contributed by atoms with van der Waals surface area (Å²) in [6.07, 6.45) is 0. The molecule has 0 aliphatic heterocycles.